The van der Waals surface area contributed by atoms with Gasteiger partial charge in [-0.25, -0.2) is 4.79 Å². The van der Waals surface area contributed by atoms with Crippen molar-refractivity contribution in [2.24, 2.45) is 0 Å². The van der Waals surface area contributed by atoms with Crippen LogP contribution in [0.3, 0.4) is 0 Å². The number of carbonyl (C=O) groups is 2. The summed E-state index contributed by atoms with van der Waals surface area (Å²) in [7, 11) is 1.17. The van der Waals surface area contributed by atoms with Crippen molar-refractivity contribution in [2.45, 2.75) is 12.5 Å². The normalized spacial score (nSPS) is 18.7. The van der Waals surface area contributed by atoms with Gasteiger partial charge in [-0.05, 0) is 12.0 Å². The third-order valence-electron chi connectivity index (χ3n) is 2.79. The number of nitrogens with one attached hydrogen (secondary N) is 1. The molecule has 0 fully saturated rings. The van der Waals surface area contributed by atoms with E-state index in [0.29, 0.717) is 6.42 Å². The van der Waals surface area contributed by atoms with Crippen molar-refractivity contribution in [1.29, 1.82) is 0 Å². The fourth-order valence-corrected chi connectivity index (χ4v) is 1.89. The Balaban J connectivity index is 2.20. The van der Waals surface area contributed by atoms with Crippen LogP contribution in [0.1, 0.15) is 5.56 Å². The zero-order valence-corrected chi connectivity index (χ0v) is 9.84. The predicted molar refractivity (Wildman–Crippen MR) is 63.7 cm³/mol. The van der Waals surface area contributed by atoms with Gasteiger partial charge >= 0.3 is 5.97 Å². The number of esters is 1. The Bertz CT molecular complexity index is 507. The van der Waals surface area contributed by atoms with Crippen LogP contribution in [0.15, 0.2) is 41.7 Å². The second kappa shape index (κ2) is 4.91. The van der Waals surface area contributed by atoms with E-state index in [1.165, 1.54) is 7.11 Å². The van der Waals surface area contributed by atoms with Crippen molar-refractivity contribution in [3.63, 3.8) is 0 Å². The van der Waals surface area contributed by atoms with E-state index in [2.05, 4.69) is 10.1 Å². The number of aliphatic hydroxyl groups excluding tert-OH is 1. The van der Waals surface area contributed by atoms with Crippen molar-refractivity contribution in [3.8, 4) is 0 Å². The number of aliphatic hydroxyl groups is 1. The summed E-state index contributed by atoms with van der Waals surface area (Å²) in [5.74, 6) is -1.67. The Hall–Kier alpha value is -2.30. The zero-order valence-electron chi connectivity index (χ0n) is 9.84. The first kappa shape index (κ1) is 12.2. The first-order valence-electron chi connectivity index (χ1n) is 5.49. The molecule has 0 saturated carbocycles. The van der Waals surface area contributed by atoms with Crippen molar-refractivity contribution < 1.29 is 19.4 Å². The van der Waals surface area contributed by atoms with Crippen LogP contribution in [0.5, 0.6) is 0 Å². The van der Waals surface area contributed by atoms with Crippen LogP contribution in [0.4, 0.5) is 0 Å². The maximum Gasteiger partial charge on any atom is 0.347 e. The van der Waals surface area contributed by atoms with Gasteiger partial charge in [0.1, 0.15) is 5.76 Å². The molecule has 0 radical (unpaired) electrons. The minimum atomic E-state index is -0.819. The van der Waals surface area contributed by atoms with E-state index in [1.807, 2.05) is 30.3 Å². The number of ether oxygens (including phenoxy) is 1. The van der Waals surface area contributed by atoms with Crippen molar-refractivity contribution in [2.75, 3.05) is 7.11 Å². The molecule has 1 heterocycles. The molecule has 1 amide bonds. The average Bonchev–Trinajstić information content (AvgIpc) is 2.65. The third-order valence-corrected chi connectivity index (χ3v) is 2.79. The Morgan fingerprint density at radius 2 is 2.06 bits per heavy atom. The highest BCUT2D eigenvalue weighted by Gasteiger charge is 2.36. The number of hydrogen-bond donors (Lipinski definition) is 2. The highest BCUT2D eigenvalue weighted by Crippen LogP contribution is 2.19. The molecule has 1 aliphatic heterocycles. The van der Waals surface area contributed by atoms with E-state index in [1.54, 1.807) is 0 Å². The first-order valence-corrected chi connectivity index (χ1v) is 5.49. The lowest BCUT2D eigenvalue weighted by Crippen LogP contribution is -2.31. The van der Waals surface area contributed by atoms with Crippen LogP contribution in [0.2, 0.25) is 0 Å². The molecule has 1 aromatic carbocycles. The number of benzene rings is 1. The van der Waals surface area contributed by atoms with E-state index in [0.717, 1.165) is 5.56 Å². The molecule has 2 N–H and O–H groups in total. The summed E-state index contributed by atoms with van der Waals surface area (Å²) in [5.41, 5.74) is 0.652. The fraction of sp³-hybridized carbons (Fsp3) is 0.231. The van der Waals surface area contributed by atoms with Crippen LogP contribution >= 0.6 is 0 Å². The lowest BCUT2D eigenvalue weighted by Gasteiger charge is -2.10. The summed E-state index contributed by atoms with van der Waals surface area (Å²) < 4.78 is 4.46. The van der Waals surface area contributed by atoms with Gasteiger partial charge in [-0.3, -0.25) is 4.79 Å². The molecular formula is C13H13NO4. The largest absolute Gasteiger partial charge is 0.509 e. The molecule has 0 aromatic heterocycles. The second-order valence-electron chi connectivity index (χ2n) is 3.97. The molecule has 5 nitrogen and oxygen atoms in total. The predicted octanol–water partition coefficient (Wildman–Crippen LogP) is 0.713. The topological polar surface area (TPSA) is 75.6 Å². The highest BCUT2D eigenvalue weighted by molar-refractivity contribution is 6.18. The molecule has 1 aliphatic rings. The first-order chi connectivity index (χ1) is 8.63. The Labute approximate surface area is 104 Å². The van der Waals surface area contributed by atoms with E-state index in [4.69, 9.17) is 0 Å². The van der Waals surface area contributed by atoms with Crippen LogP contribution < -0.4 is 5.32 Å². The molecule has 5 heteroatoms. The molecule has 1 aromatic rings. The van der Waals surface area contributed by atoms with E-state index in [-0.39, 0.29) is 11.3 Å². The van der Waals surface area contributed by atoms with Gasteiger partial charge in [0, 0.05) is 0 Å². The summed E-state index contributed by atoms with van der Waals surface area (Å²) in [5, 5.41) is 12.4. The van der Waals surface area contributed by atoms with Gasteiger partial charge in [-0.2, -0.15) is 0 Å². The minimum Gasteiger partial charge on any atom is -0.509 e. The smallest absolute Gasteiger partial charge is 0.347 e. The van der Waals surface area contributed by atoms with Crippen molar-refractivity contribution in [3.05, 3.63) is 47.2 Å². The van der Waals surface area contributed by atoms with Gasteiger partial charge in [-0.1, -0.05) is 30.3 Å². The molecule has 0 spiro atoms. The summed E-state index contributed by atoms with van der Waals surface area (Å²) in [6, 6.07) is 8.81. The van der Waals surface area contributed by atoms with Gasteiger partial charge in [-0.15, -0.1) is 0 Å². The number of rotatable bonds is 3. The maximum absolute atomic E-state index is 11.6. The molecule has 2 rings (SSSR count). The summed E-state index contributed by atoms with van der Waals surface area (Å²) in [4.78, 5) is 22.9. The Kier molecular flexibility index (Phi) is 3.32. The number of carbonyl (C=O) groups excluding carboxylic acids is 2. The number of hydrogen-bond acceptors (Lipinski definition) is 4. The standard InChI is InChI=1S/C13H13NO4/c1-18-13(17)10-11(15)9(14-12(10)16)7-8-5-3-2-4-6-8/h2-6,9,15H,7H2,1H3,(H,14,16). The molecule has 94 valence electrons. The van der Waals surface area contributed by atoms with Gasteiger partial charge < -0.3 is 15.2 Å². The van der Waals surface area contributed by atoms with E-state index >= 15 is 0 Å². The van der Waals surface area contributed by atoms with Crippen LogP contribution in [-0.4, -0.2) is 30.1 Å². The Morgan fingerprint density at radius 1 is 1.39 bits per heavy atom. The van der Waals surface area contributed by atoms with Gasteiger partial charge in [0.2, 0.25) is 0 Å². The van der Waals surface area contributed by atoms with Gasteiger partial charge in [0.15, 0.2) is 5.57 Å². The maximum atomic E-state index is 11.6. The molecule has 0 bridgehead atoms. The lowest BCUT2D eigenvalue weighted by molar-refractivity contribution is -0.137. The number of amides is 1. The van der Waals surface area contributed by atoms with Crippen molar-refractivity contribution in [1.82, 2.24) is 5.32 Å². The molecule has 18 heavy (non-hydrogen) atoms. The lowest BCUT2D eigenvalue weighted by atomic mass is 10.0. The summed E-state index contributed by atoms with van der Waals surface area (Å²) in [6.45, 7) is 0. The summed E-state index contributed by atoms with van der Waals surface area (Å²) >= 11 is 0. The Morgan fingerprint density at radius 3 is 2.67 bits per heavy atom. The van der Waals surface area contributed by atoms with Crippen LogP contribution in [0.25, 0.3) is 0 Å². The molecule has 1 unspecified atom stereocenters. The SMILES string of the molecule is COC(=O)C1=C(O)C(Cc2ccccc2)NC1=O. The second-order valence-corrected chi connectivity index (χ2v) is 3.97. The van der Waals surface area contributed by atoms with Crippen molar-refractivity contribution >= 4 is 11.9 Å². The highest BCUT2D eigenvalue weighted by atomic mass is 16.5. The molecule has 0 aliphatic carbocycles. The fourth-order valence-electron chi connectivity index (χ4n) is 1.89. The number of methoxy groups -OCH3 is 1. The van der Waals surface area contributed by atoms with Crippen LogP contribution in [-0.2, 0) is 20.7 Å². The van der Waals surface area contributed by atoms with Crippen LogP contribution in [0, 0.1) is 0 Å². The monoisotopic (exact) mass is 247 g/mol. The molecule has 1 atom stereocenters. The quantitative estimate of drug-likeness (QED) is 0.609. The van der Waals surface area contributed by atoms with Gasteiger partial charge in [0.25, 0.3) is 5.91 Å². The third kappa shape index (κ3) is 2.20. The minimum absolute atomic E-state index is 0.254. The molecular weight excluding hydrogens is 234 g/mol. The zero-order chi connectivity index (χ0) is 13.1. The molecule has 0 saturated heterocycles. The summed E-state index contributed by atoms with van der Waals surface area (Å²) in [6.07, 6.45) is 0.429. The van der Waals surface area contributed by atoms with Gasteiger partial charge in [0.05, 0.1) is 13.2 Å². The average molecular weight is 247 g/mol. The van der Waals surface area contributed by atoms with E-state index in [9.17, 15) is 14.7 Å². The van der Waals surface area contributed by atoms with E-state index < -0.39 is 17.9 Å².